The van der Waals surface area contributed by atoms with Crippen molar-refractivity contribution in [1.29, 1.82) is 0 Å². The van der Waals surface area contributed by atoms with Crippen molar-refractivity contribution in [2.75, 3.05) is 18.5 Å². The van der Waals surface area contributed by atoms with Crippen LogP contribution in [0.3, 0.4) is 0 Å². The summed E-state index contributed by atoms with van der Waals surface area (Å²) < 4.78 is 10.8. The summed E-state index contributed by atoms with van der Waals surface area (Å²) in [6, 6.07) is 3.30. The molecule has 0 aliphatic carbocycles. The van der Waals surface area contributed by atoms with Crippen molar-refractivity contribution in [1.82, 2.24) is 0 Å². The highest BCUT2D eigenvalue weighted by Crippen LogP contribution is 2.39. The van der Waals surface area contributed by atoms with E-state index in [1.807, 2.05) is 6.92 Å². The number of hydrogen-bond acceptors (Lipinski definition) is 4. The number of anilines is 1. The first kappa shape index (κ1) is 12.9. The molecule has 0 radical (unpaired) electrons. The van der Waals surface area contributed by atoms with Gasteiger partial charge in [0.2, 0.25) is 0 Å². The molecule has 0 aromatic heterocycles. The van der Waals surface area contributed by atoms with Crippen LogP contribution in [-0.2, 0) is 9.59 Å². The molecule has 1 amide bonds. The lowest BCUT2D eigenvalue weighted by atomic mass is 10.1. The molecule has 0 bridgehead atoms. The van der Waals surface area contributed by atoms with Gasteiger partial charge >= 0.3 is 5.97 Å². The molecule has 2 rings (SSSR count). The lowest BCUT2D eigenvalue weighted by molar-refractivity contribution is -0.131. The maximum atomic E-state index is 11.3. The summed E-state index contributed by atoms with van der Waals surface area (Å²) in [6.45, 7) is 2.21. The van der Waals surface area contributed by atoms with Gasteiger partial charge in [-0.3, -0.25) is 4.79 Å². The average molecular weight is 263 g/mol. The van der Waals surface area contributed by atoms with Gasteiger partial charge in [-0.1, -0.05) is 0 Å². The Balaban J connectivity index is 2.41. The van der Waals surface area contributed by atoms with Gasteiger partial charge in [0, 0.05) is 6.08 Å². The molecule has 1 aromatic rings. The van der Waals surface area contributed by atoms with Crippen molar-refractivity contribution in [2.45, 2.75) is 6.92 Å². The summed E-state index contributed by atoms with van der Waals surface area (Å²) in [5, 5.41) is 11.3. The second-order valence-corrected chi connectivity index (χ2v) is 3.84. The summed E-state index contributed by atoms with van der Waals surface area (Å²) in [6.07, 6.45) is 2.44. The van der Waals surface area contributed by atoms with E-state index in [-0.39, 0.29) is 12.5 Å². The zero-order chi connectivity index (χ0) is 13.8. The van der Waals surface area contributed by atoms with Crippen LogP contribution < -0.4 is 14.8 Å². The Hall–Kier alpha value is -2.50. The maximum absolute atomic E-state index is 11.3. The highest BCUT2D eigenvalue weighted by molar-refractivity contribution is 5.97. The molecule has 100 valence electrons. The molecule has 1 aliphatic heterocycles. The van der Waals surface area contributed by atoms with E-state index >= 15 is 0 Å². The van der Waals surface area contributed by atoms with Crippen LogP contribution >= 0.6 is 0 Å². The molecular formula is C13H13NO5. The largest absolute Gasteiger partial charge is 0.490 e. The van der Waals surface area contributed by atoms with E-state index in [1.54, 1.807) is 12.1 Å². The molecule has 1 aliphatic rings. The van der Waals surface area contributed by atoms with Gasteiger partial charge in [-0.05, 0) is 30.7 Å². The van der Waals surface area contributed by atoms with E-state index in [9.17, 15) is 9.59 Å². The molecule has 1 aromatic carbocycles. The second kappa shape index (κ2) is 5.43. The number of fused-ring (bicyclic) bond motifs is 1. The number of amides is 1. The Bertz CT molecular complexity index is 550. The highest BCUT2D eigenvalue weighted by Gasteiger charge is 2.20. The number of carbonyl (C=O) groups is 2. The number of carboxylic acid groups (broad SMARTS) is 1. The molecule has 6 nitrogen and oxygen atoms in total. The van der Waals surface area contributed by atoms with Crippen molar-refractivity contribution in [2.24, 2.45) is 0 Å². The van der Waals surface area contributed by atoms with Crippen molar-refractivity contribution < 1.29 is 24.2 Å². The van der Waals surface area contributed by atoms with Crippen LogP contribution in [0.15, 0.2) is 18.2 Å². The van der Waals surface area contributed by atoms with Crippen molar-refractivity contribution in [3.05, 3.63) is 23.8 Å². The van der Waals surface area contributed by atoms with Crippen LogP contribution in [0.4, 0.5) is 5.69 Å². The third-order valence-corrected chi connectivity index (χ3v) is 2.42. The van der Waals surface area contributed by atoms with Crippen LogP contribution in [0.2, 0.25) is 0 Å². The Morgan fingerprint density at radius 2 is 2.37 bits per heavy atom. The minimum Gasteiger partial charge on any atom is -0.490 e. The number of carbonyl (C=O) groups excluding carboxylic acids is 1. The third kappa shape index (κ3) is 3.04. The SMILES string of the molecule is CCOc1cc(/C=C/C(=O)O)cc2c1OCC(=O)N2. The lowest BCUT2D eigenvalue weighted by Gasteiger charge is -2.21. The Kier molecular flexibility index (Phi) is 3.70. The average Bonchev–Trinajstić information content (AvgIpc) is 2.36. The quantitative estimate of drug-likeness (QED) is 0.804. The van der Waals surface area contributed by atoms with E-state index in [0.29, 0.717) is 29.4 Å². The molecule has 6 heteroatoms. The standard InChI is InChI=1S/C13H13NO5/c1-2-18-10-6-8(3-4-12(16)17)5-9-13(10)19-7-11(15)14-9/h3-6H,2,7H2,1H3,(H,14,15)(H,16,17)/b4-3+. The monoisotopic (exact) mass is 263 g/mol. The van der Waals surface area contributed by atoms with Crippen LogP contribution in [-0.4, -0.2) is 30.2 Å². The molecule has 19 heavy (non-hydrogen) atoms. The van der Waals surface area contributed by atoms with Crippen LogP contribution in [0.25, 0.3) is 6.08 Å². The molecule has 0 spiro atoms. The van der Waals surface area contributed by atoms with Gasteiger partial charge in [0.25, 0.3) is 5.91 Å². The van der Waals surface area contributed by atoms with Gasteiger partial charge in [0.1, 0.15) is 0 Å². The third-order valence-electron chi connectivity index (χ3n) is 2.42. The van der Waals surface area contributed by atoms with Gasteiger partial charge in [0.05, 0.1) is 12.3 Å². The van der Waals surface area contributed by atoms with Crippen LogP contribution in [0.1, 0.15) is 12.5 Å². The molecule has 2 N–H and O–H groups in total. The lowest BCUT2D eigenvalue weighted by Crippen LogP contribution is -2.25. The molecule has 0 fully saturated rings. The number of hydrogen-bond donors (Lipinski definition) is 2. The van der Waals surface area contributed by atoms with Gasteiger partial charge in [0.15, 0.2) is 18.1 Å². The number of aliphatic carboxylic acids is 1. The van der Waals surface area contributed by atoms with E-state index in [4.69, 9.17) is 14.6 Å². The maximum Gasteiger partial charge on any atom is 0.328 e. The fraction of sp³-hybridized carbons (Fsp3) is 0.231. The Morgan fingerprint density at radius 3 is 3.05 bits per heavy atom. The Morgan fingerprint density at radius 1 is 1.58 bits per heavy atom. The predicted octanol–water partition coefficient (Wildman–Crippen LogP) is 1.51. The summed E-state index contributed by atoms with van der Waals surface area (Å²) in [7, 11) is 0. The molecule has 0 saturated heterocycles. The Labute approximate surface area is 109 Å². The van der Waals surface area contributed by atoms with Gasteiger partial charge in [-0.25, -0.2) is 4.79 Å². The number of rotatable bonds is 4. The fourth-order valence-corrected chi connectivity index (χ4v) is 1.72. The molecule has 0 saturated carbocycles. The molecule has 1 heterocycles. The van der Waals surface area contributed by atoms with Crippen LogP contribution in [0.5, 0.6) is 11.5 Å². The van der Waals surface area contributed by atoms with Crippen molar-refractivity contribution in [3.63, 3.8) is 0 Å². The summed E-state index contributed by atoms with van der Waals surface area (Å²) in [5.74, 6) is -0.357. The number of benzene rings is 1. The normalized spacial score (nSPS) is 13.6. The highest BCUT2D eigenvalue weighted by atomic mass is 16.5. The van der Waals surface area contributed by atoms with E-state index in [0.717, 1.165) is 6.08 Å². The molecule has 0 unspecified atom stereocenters. The van der Waals surface area contributed by atoms with E-state index < -0.39 is 5.97 Å². The fourth-order valence-electron chi connectivity index (χ4n) is 1.72. The zero-order valence-electron chi connectivity index (χ0n) is 10.3. The minimum absolute atomic E-state index is 0.0581. The van der Waals surface area contributed by atoms with Crippen LogP contribution in [0, 0.1) is 0 Å². The smallest absolute Gasteiger partial charge is 0.328 e. The van der Waals surface area contributed by atoms with E-state index in [2.05, 4.69) is 5.32 Å². The number of ether oxygens (including phenoxy) is 2. The zero-order valence-corrected chi connectivity index (χ0v) is 10.3. The summed E-state index contributed by atoms with van der Waals surface area (Å²) in [5.41, 5.74) is 1.09. The molecule has 0 atom stereocenters. The predicted molar refractivity (Wildman–Crippen MR) is 68.4 cm³/mol. The summed E-state index contributed by atoms with van der Waals surface area (Å²) >= 11 is 0. The second-order valence-electron chi connectivity index (χ2n) is 3.84. The van der Waals surface area contributed by atoms with Crippen molar-refractivity contribution >= 4 is 23.6 Å². The number of carboxylic acids is 1. The summed E-state index contributed by atoms with van der Waals surface area (Å²) in [4.78, 5) is 21.8. The van der Waals surface area contributed by atoms with Crippen molar-refractivity contribution in [3.8, 4) is 11.5 Å². The van der Waals surface area contributed by atoms with E-state index in [1.165, 1.54) is 6.08 Å². The topological polar surface area (TPSA) is 84.9 Å². The van der Waals surface area contributed by atoms with Gasteiger partial charge in [-0.2, -0.15) is 0 Å². The van der Waals surface area contributed by atoms with Gasteiger partial charge in [-0.15, -0.1) is 0 Å². The first-order chi connectivity index (χ1) is 9.10. The number of nitrogens with one attached hydrogen (secondary N) is 1. The van der Waals surface area contributed by atoms with Gasteiger partial charge < -0.3 is 19.9 Å². The first-order valence-corrected chi connectivity index (χ1v) is 5.74. The minimum atomic E-state index is -1.05. The first-order valence-electron chi connectivity index (χ1n) is 5.74. The molecular weight excluding hydrogens is 250 g/mol.